The summed E-state index contributed by atoms with van der Waals surface area (Å²) in [5, 5.41) is 53.6. The monoisotopic (exact) mass is 504 g/mol. The first kappa shape index (κ1) is 26.6. The third-order valence-electron chi connectivity index (χ3n) is 13.7. The third kappa shape index (κ3) is 2.91. The maximum absolute atomic E-state index is 12.3. The van der Waals surface area contributed by atoms with Crippen molar-refractivity contribution >= 4 is 5.97 Å². The van der Waals surface area contributed by atoms with Crippen molar-refractivity contribution in [1.82, 2.24) is 0 Å². The van der Waals surface area contributed by atoms with Crippen molar-refractivity contribution in [2.24, 2.45) is 50.2 Å². The lowest BCUT2D eigenvalue weighted by atomic mass is 9.33. The van der Waals surface area contributed by atoms with Gasteiger partial charge in [-0.1, -0.05) is 46.3 Å². The van der Waals surface area contributed by atoms with E-state index in [1.807, 2.05) is 0 Å². The van der Waals surface area contributed by atoms with Gasteiger partial charge in [0.1, 0.15) is 0 Å². The smallest absolute Gasteiger partial charge is 0.312 e. The zero-order valence-electron chi connectivity index (χ0n) is 23.0. The third-order valence-corrected chi connectivity index (χ3v) is 13.7. The van der Waals surface area contributed by atoms with Crippen LogP contribution in [0.4, 0.5) is 0 Å². The minimum atomic E-state index is -1.38. The summed E-state index contributed by atoms with van der Waals surface area (Å²) in [6.45, 7) is 12.9. The molecule has 0 aromatic heterocycles. The maximum atomic E-state index is 12.3. The molecular formula is C30H48O6. The Morgan fingerprint density at radius 2 is 1.56 bits per heavy atom. The molecule has 0 aliphatic heterocycles. The molecule has 6 nitrogen and oxygen atoms in total. The fourth-order valence-electron chi connectivity index (χ4n) is 10.7. The summed E-state index contributed by atoms with van der Waals surface area (Å²) in [5.41, 5.74) is -1.23. The zero-order chi connectivity index (χ0) is 26.7. The van der Waals surface area contributed by atoms with Crippen LogP contribution in [0.15, 0.2) is 11.6 Å². The largest absolute Gasteiger partial charge is 0.481 e. The SMILES string of the molecule is CC1(C(=O)O)CC2C3=CCC4C5(C)CCC(O)C(C)(CO)C5CCC4(C)C3(C)CCC2(C)C(O)C1O. The Labute approximate surface area is 216 Å². The van der Waals surface area contributed by atoms with E-state index in [-0.39, 0.29) is 34.7 Å². The molecule has 0 aromatic carbocycles. The second-order valence-corrected chi connectivity index (χ2v) is 14.9. The molecule has 4 fully saturated rings. The summed E-state index contributed by atoms with van der Waals surface area (Å²) >= 11 is 0. The van der Waals surface area contributed by atoms with Crippen LogP contribution in [0.2, 0.25) is 0 Å². The fraction of sp³-hybridized carbons (Fsp3) is 0.900. The highest BCUT2D eigenvalue weighted by Gasteiger charge is 2.70. The first-order valence-electron chi connectivity index (χ1n) is 14.2. The maximum Gasteiger partial charge on any atom is 0.312 e. The Kier molecular flexibility index (Phi) is 5.77. The van der Waals surface area contributed by atoms with Crippen molar-refractivity contribution in [2.75, 3.05) is 6.61 Å². The average Bonchev–Trinajstić information content (AvgIpc) is 2.82. The summed E-state index contributed by atoms with van der Waals surface area (Å²) in [5.74, 6) is -0.465. The highest BCUT2D eigenvalue weighted by atomic mass is 16.4. The van der Waals surface area contributed by atoms with E-state index in [4.69, 9.17) is 0 Å². The van der Waals surface area contributed by atoms with Crippen LogP contribution in [0.5, 0.6) is 0 Å². The molecule has 0 aromatic rings. The number of carboxylic acid groups (broad SMARTS) is 1. The number of allylic oxidation sites excluding steroid dienone is 2. The number of hydrogen-bond acceptors (Lipinski definition) is 5. The van der Waals surface area contributed by atoms with Gasteiger partial charge in [-0.2, -0.15) is 0 Å². The van der Waals surface area contributed by atoms with E-state index in [0.717, 1.165) is 38.5 Å². The minimum absolute atomic E-state index is 0.00294. The molecule has 0 heterocycles. The number of carboxylic acids is 1. The average molecular weight is 505 g/mol. The van der Waals surface area contributed by atoms with Crippen LogP contribution in [0.1, 0.15) is 92.9 Å². The molecule has 5 aliphatic carbocycles. The van der Waals surface area contributed by atoms with Gasteiger partial charge in [0.25, 0.3) is 0 Å². The van der Waals surface area contributed by atoms with Gasteiger partial charge in [-0.25, -0.2) is 0 Å². The van der Waals surface area contributed by atoms with Crippen molar-refractivity contribution in [3.8, 4) is 0 Å². The molecule has 204 valence electrons. The van der Waals surface area contributed by atoms with E-state index in [1.165, 1.54) is 5.57 Å². The van der Waals surface area contributed by atoms with Gasteiger partial charge in [-0.3, -0.25) is 4.79 Å². The van der Waals surface area contributed by atoms with Gasteiger partial charge in [0.2, 0.25) is 0 Å². The standard InChI is InChI=1S/C30H48O6/c1-25-13-14-29(5)17(18(25)15-27(3,24(35)36)23(34)22(25)33)7-8-20-26(2)11-10-21(32)28(4,16-31)19(26)9-12-30(20,29)6/h7,18-23,31-34H,8-16H2,1-6H3,(H,35,36). The summed E-state index contributed by atoms with van der Waals surface area (Å²) in [6.07, 6.45) is 6.11. The van der Waals surface area contributed by atoms with Crippen LogP contribution >= 0.6 is 0 Å². The van der Waals surface area contributed by atoms with Crippen molar-refractivity contribution in [3.63, 3.8) is 0 Å². The van der Waals surface area contributed by atoms with Gasteiger partial charge in [-0.15, -0.1) is 0 Å². The first-order chi connectivity index (χ1) is 16.6. The van der Waals surface area contributed by atoms with Crippen molar-refractivity contribution in [1.29, 1.82) is 0 Å². The highest BCUT2D eigenvalue weighted by molar-refractivity contribution is 5.75. The van der Waals surface area contributed by atoms with Crippen LogP contribution in [0, 0.1) is 50.2 Å². The molecular weight excluding hydrogens is 456 g/mol. The molecule has 6 heteroatoms. The fourth-order valence-corrected chi connectivity index (χ4v) is 10.7. The molecule has 0 radical (unpaired) electrons. The van der Waals surface area contributed by atoms with Gasteiger partial charge in [0.15, 0.2) is 0 Å². The van der Waals surface area contributed by atoms with Crippen molar-refractivity contribution < 1.29 is 30.3 Å². The van der Waals surface area contributed by atoms with Gasteiger partial charge in [0.05, 0.1) is 30.3 Å². The Morgan fingerprint density at radius 1 is 0.889 bits per heavy atom. The highest BCUT2D eigenvalue weighted by Crippen LogP contribution is 2.75. The van der Waals surface area contributed by atoms with Crippen LogP contribution in [-0.2, 0) is 4.79 Å². The van der Waals surface area contributed by atoms with Crippen LogP contribution in [0.25, 0.3) is 0 Å². The first-order valence-corrected chi connectivity index (χ1v) is 14.2. The predicted octanol–water partition coefficient (Wildman–Crippen LogP) is 4.15. The van der Waals surface area contributed by atoms with E-state index in [2.05, 4.69) is 40.7 Å². The van der Waals surface area contributed by atoms with Crippen molar-refractivity contribution in [3.05, 3.63) is 11.6 Å². The zero-order valence-corrected chi connectivity index (χ0v) is 23.0. The molecule has 5 N–H and O–H groups in total. The lowest BCUT2D eigenvalue weighted by Gasteiger charge is -2.71. The van der Waals surface area contributed by atoms with E-state index in [0.29, 0.717) is 18.8 Å². The molecule has 36 heavy (non-hydrogen) atoms. The molecule has 5 rings (SSSR count). The molecule has 0 bridgehead atoms. The summed E-state index contributed by atoms with van der Waals surface area (Å²) in [4.78, 5) is 12.3. The van der Waals surface area contributed by atoms with E-state index < -0.39 is 40.5 Å². The topological polar surface area (TPSA) is 118 Å². The van der Waals surface area contributed by atoms with Gasteiger partial charge >= 0.3 is 5.97 Å². The quantitative estimate of drug-likeness (QED) is 0.361. The Morgan fingerprint density at radius 3 is 2.17 bits per heavy atom. The number of hydrogen-bond donors (Lipinski definition) is 5. The van der Waals surface area contributed by atoms with Crippen LogP contribution in [0.3, 0.4) is 0 Å². The summed E-state index contributed by atoms with van der Waals surface area (Å²) in [6, 6.07) is 0. The normalized spacial score (nSPS) is 58.6. The van der Waals surface area contributed by atoms with E-state index >= 15 is 0 Å². The molecule has 12 atom stereocenters. The van der Waals surface area contributed by atoms with E-state index in [9.17, 15) is 30.3 Å². The van der Waals surface area contributed by atoms with Crippen molar-refractivity contribution in [2.45, 2.75) is 111 Å². The lowest BCUT2D eigenvalue weighted by Crippen LogP contribution is -2.68. The number of fused-ring (bicyclic) bond motifs is 7. The molecule has 4 saturated carbocycles. The second-order valence-electron chi connectivity index (χ2n) is 14.9. The second kappa shape index (κ2) is 7.80. The Balaban J connectivity index is 1.59. The Bertz CT molecular complexity index is 978. The van der Waals surface area contributed by atoms with Crippen LogP contribution < -0.4 is 0 Å². The number of carbonyl (C=O) groups is 1. The number of aliphatic hydroxyl groups excluding tert-OH is 4. The summed E-state index contributed by atoms with van der Waals surface area (Å²) in [7, 11) is 0. The molecule has 12 unspecified atom stereocenters. The minimum Gasteiger partial charge on any atom is -0.481 e. The Hall–Kier alpha value is -0.950. The van der Waals surface area contributed by atoms with Gasteiger partial charge in [0, 0.05) is 10.8 Å². The lowest BCUT2D eigenvalue weighted by molar-refractivity contribution is -0.228. The molecule has 0 saturated heterocycles. The molecule has 0 spiro atoms. The number of aliphatic hydroxyl groups is 4. The van der Waals surface area contributed by atoms with E-state index in [1.54, 1.807) is 6.92 Å². The van der Waals surface area contributed by atoms with Gasteiger partial charge in [-0.05, 0) is 92.3 Å². The van der Waals surface area contributed by atoms with Gasteiger partial charge < -0.3 is 25.5 Å². The summed E-state index contributed by atoms with van der Waals surface area (Å²) < 4.78 is 0. The number of rotatable bonds is 2. The molecule has 0 amide bonds. The van der Waals surface area contributed by atoms with Crippen LogP contribution in [-0.4, -0.2) is 56.4 Å². The predicted molar refractivity (Wildman–Crippen MR) is 137 cm³/mol. The number of aliphatic carboxylic acids is 1. The molecule has 5 aliphatic rings.